The summed E-state index contributed by atoms with van der Waals surface area (Å²) in [5, 5.41) is 14.8. The van der Waals surface area contributed by atoms with E-state index in [0.29, 0.717) is 72.6 Å². The van der Waals surface area contributed by atoms with Crippen LogP contribution in [-0.4, -0.2) is 56.9 Å². The van der Waals surface area contributed by atoms with E-state index < -0.39 is 5.97 Å². The Balaban J connectivity index is 1.38. The van der Waals surface area contributed by atoms with Crippen molar-refractivity contribution in [1.29, 1.82) is 0 Å². The van der Waals surface area contributed by atoms with Gasteiger partial charge in [0.2, 0.25) is 0 Å². The molecule has 0 spiro atoms. The molecule has 7 rings (SSSR count). The van der Waals surface area contributed by atoms with Crippen LogP contribution in [0.2, 0.25) is 0 Å². The number of rotatable bonds is 4. The van der Waals surface area contributed by atoms with Crippen LogP contribution in [0.5, 0.6) is 11.5 Å². The van der Waals surface area contributed by atoms with Gasteiger partial charge in [0.05, 0.1) is 17.8 Å². The van der Waals surface area contributed by atoms with Crippen molar-refractivity contribution < 1.29 is 23.8 Å². The molecule has 2 aromatic heterocycles. The second-order valence-corrected chi connectivity index (χ2v) is 12.1. The van der Waals surface area contributed by atoms with E-state index in [1.54, 1.807) is 10.6 Å². The van der Waals surface area contributed by atoms with E-state index in [9.17, 15) is 14.3 Å². The van der Waals surface area contributed by atoms with Gasteiger partial charge in [-0.15, -0.1) is 0 Å². The van der Waals surface area contributed by atoms with Crippen LogP contribution in [-0.2, 0) is 17.8 Å². The van der Waals surface area contributed by atoms with E-state index in [1.807, 2.05) is 80.6 Å². The zero-order valence-electron chi connectivity index (χ0n) is 26.8. The lowest BCUT2D eigenvalue weighted by Gasteiger charge is -2.23. The Kier molecular flexibility index (Phi) is 8.61. The van der Waals surface area contributed by atoms with Crippen LogP contribution in [0.4, 0.5) is 4.39 Å². The van der Waals surface area contributed by atoms with Crippen molar-refractivity contribution in [3.05, 3.63) is 125 Å². The van der Waals surface area contributed by atoms with Crippen LogP contribution >= 0.6 is 0 Å². The summed E-state index contributed by atoms with van der Waals surface area (Å²) in [7, 11) is 0. The van der Waals surface area contributed by atoms with E-state index in [-0.39, 0.29) is 12.2 Å². The van der Waals surface area contributed by atoms with Gasteiger partial charge in [-0.05, 0) is 54.8 Å². The predicted octanol–water partition coefficient (Wildman–Crippen LogP) is 7.39. The third-order valence-corrected chi connectivity index (χ3v) is 8.69. The first-order valence-electron chi connectivity index (χ1n) is 16.0. The molecule has 6 aromatic rings. The molecule has 6 bridgehead atoms. The van der Waals surface area contributed by atoms with E-state index in [2.05, 4.69) is 17.0 Å². The quantitative estimate of drug-likeness (QED) is 0.215. The Bertz CT molecular complexity index is 2130. The maximum absolute atomic E-state index is 14.6. The number of nitrogens with zero attached hydrogens (tertiary/aromatic N) is 4. The number of aryl methyl sites for hydroxylation is 2. The van der Waals surface area contributed by atoms with Crippen molar-refractivity contribution in [2.24, 2.45) is 0 Å². The third kappa shape index (κ3) is 6.50. The highest BCUT2D eigenvalue weighted by atomic mass is 19.1. The Labute approximate surface area is 278 Å². The van der Waals surface area contributed by atoms with Crippen molar-refractivity contribution in [2.45, 2.75) is 26.8 Å². The summed E-state index contributed by atoms with van der Waals surface area (Å²) >= 11 is 0. The van der Waals surface area contributed by atoms with Crippen LogP contribution in [0.25, 0.3) is 39.3 Å². The van der Waals surface area contributed by atoms with Gasteiger partial charge in [-0.25, -0.2) is 13.9 Å². The molecule has 1 aliphatic heterocycles. The molecule has 242 valence electrons. The van der Waals surface area contributed by atoms with Gasteiger partial charge in [-0.2, -0.15) is 5.10 Å². The van der Waals surface area contributed by atoms with Crippen LogP contribution in [0.3, 0.4) is 0 Å². The van der Waals surface area contributed by atoms with Crippen molar-refractivity contribution in [1.82, 2.24) is 19.5 Å². The molecule has 0 atom stereocenters. The summed E-state index contributed by atoms with van der Waals surface area (Å²) in [5.41, 5.74) is 8.48. The van der Waals surface area contributed by atoms with E-state index in [4.69, 9.17) is 19.6 Å². The topological polar surface area (TPSA) is 89.2 Å². The van der Waals surface area contributed by atoms with Crippen molar-refractivity contribution in [3.8, 4) is 45.1 Å². The molecule has 1 aliphatic rings. The Morgan fingerprint density at radius 2 is 1.60 bits per heavy atom. The van der Waals surface area contributed by atoms with E-state index >= 15 is 0 Å². The summed E-state index contributed by atoms with van der Waals surface area (Å²) < 4.78 is 29.0. The first-order valence-corrected chi connectivity index (χ1v) is 16.0. The fraction of sp³-hybridized carbons (Fsp3) is 0.205. The van der Waals surface area contributed by atoms with Crippen LogP contribution < -0.4 is 9.47 Å². The first kappa shape index (κ1) is 31.1. The maximum Gasteiger partial charge on any atom is 0.307 e. The Hall–Kier alpha value is -5.54. The van der Waals surface area contributed by atoms with Gasteiger partial charge in [0, 0.05) is 59.7 Å². The van der Waals surface area contributed by atoms with E-state index in [1.165, 1.54) is 17.7 Å². The number of benzene rings is 4. The number of hydrogen-bond donors (Lipinski definition) is 1. The van der Waals surface area contributed by atoms with Crippen molar-refractivity contribution in [2.75, 3.05) is 26.3 Å². The van der Waals surface area contributed by atoms with Gasteiger partial charge >= 0.3 is 5.97 Å². The number of ether oxygens (including phenoxy) is 2. The average Bonchev–Trinajstić information content (AvgIpc) is 3.49. The van der Waals surface area contributed by atoms with Crippen LogP contribution in [0, 0.1) is 19.7 Å². The zero-order chi connectivity index (χ0) is 33.2. The van der Waals surface area contributed by atoms with Gasteiger partial charge in [0.25, 0.3) is 0 Å². The number of carbonyl (C=O) groups is 1. The minimum atomic E-state index is -0.953. The summed E-state index contributed by atoms with van der Waals surface area (Å²) in [6.45, 7) is 6.48. The molecule has 0 aliphatic carbocycles. The van der Waals surface area contributed by atoms with Crippen LogP contribution in [0.1, 0.15) is 22.4 Å². The van der Waals surface area contributed by atoms with E-state index in [0.717, 1.165) is 27.8 Å². The highest BCUT2D eigenvalue weighted by Crippen LogP contribution is 2.36. The second-order valence-electron chi connectivity index (χ2n) is 12.1. The lowest BCUT2D eigenvalue weighted by Crippen LogP contribution is -2.32. The molecular formula is C39H35FN4O4. The second kappa shape index (κ2) is 13.3. The molecule has 8 nitrogen and oxygen atoms in total. The summed E-state index contributed by atoms with van der Waals surface area (Å²) in [5.74, 6) is -0.165. The number of halogens is 1. The minimum absolute atomic E-state index is 0.208. The smallest absolute Gasteiger partial charge is 0.307 e. The lowest BCUT2D eigenvalue weighted by atomic mass is 10.0. The number of hydrogen-bond acceptors (Lipinski definition) is 6. The molecule has 0 saturated carbocycles. The number of aromatic nitrogens is 3. The largest absolute Gasteiger partial charge is 0.492 e. The molecule has 48 heavy (non-hydrogen) atoms. The number of fused-ring (bicyclic) bond motifs is 9. The Morgan fingerprint density at radius 3 is 2.40 bits per heavy atom. The van der Waals surface area contributed by atoms with Gasteiger partial charge in [0.15, 0.2) is 5.65 Å². The van der Waals surface area contributed by atoms with Crippen LogP contribution in [0.15, 0.2) is 97.1 Å². The number of carboxylic acids is 1. The van der Waals surface area contributed by atoms with Gasteiger partial charge in [0.1, 0.15) is 30.5 Å². The predicted molar refractivity (Wildman–Crippen MR) is 183 cm³/mol. The SMILES string of the molecule is Cc1ccc2cc1OCCN(Cc1ccccc1)CCOc1cc(F)ccc1-c1cccc(c1)-c1cc3nc(C)c(CC(=O)O)c-2n3n1. The fourth-order valence-corrected chi connectivity index (χ4v) is 6.24. The average molecular weight is 643 g/mol. The molecule has 0 radical (unpaired) electrons. The molecule has 0 fully saturated rings. The molecule has 0 saturated heterocycles. The number of carboxylic acid groups (broad SMARTS) is 1. The third-order valence-electron chi connectivity index (χ3n) is 8.69. The van der Waals surface area contributed by atoms with Gasteiger partial charge in [-0.1, -0.05) is 60.7 Å². The van der Waals surface area contributed by atoms with Crippen molar-refractivity contribution >= 4 is 11.6 Å². The Morgan fingerprint density at radius 1 is 0.833 bits per heavy atom. The summed E-state index contributed by atoms with van der Waals surface area (Å²) in [6.07, 6.45) is -0.208. The molecular weight excluding hydrogens is 607 g/mol. The maximum atomic E-state index is 14.6. The molecule has 4 aromatic carbocycles. The molecule has 1 N–H and O–H groups in total. The molecule has 3 heterocycles. The summed E-state index contributed by atoms with van der Waals surface area (Å²) in [4.78, 5) is 19.1. The van der Waals surface area contributed by atoms with Gasteiger partial charge in [-0.3, -0.25) is 9.69 Å². The number of aliphatic carboxylic acids is 1. The standard InChI is InChI=1S/C39H35FN4O4/c1-25-11-12-30-20-35(25)47-17-15-43(24-27-7-4-3-5-8-27)16-18-48-36-21-31(40)13-14-32(36)28-9-6-10-29(19-28)34-23-37-41-26(2)33(22-38(45)46)39(30)44(37)42-34/h3-14,19-21,23H,15-18,22,24H2,1-2H3,(H,45,46). The minimum Gasteiger partial charge on any atom is -0.492 e. The monoisotopic (exact) mass is 642 g/mol. The molecule has 0 unspecified atom stereocenters. The normalized spacial score (nSPS) is 13.6. The highest BCUT2D eigenvalue weighted by molar-refractivity contribution is 5.80. The fourth-order valence-electron chi connectivity index (χ4n) is 6.24. The first-order chi connectivity index (χ1) is 23.3. The highest BCUT2D eigenvalue weighted by Gasteiger charge is 2.21. The molecule has 9 heteroatoms. The van der Waals surface area contributed by atoms with Gasteiger partial charge < -0.3 is 14.6 Å². The lowest BCUT2D eigenvalue weighted by molar-refractivity contribution is -0.136. The molecule has 0 amide bonds. The summed E-state index contributed by atoms with van der Waals surface area (Å²) in [6, 6.07) is 30.5. The van der Waals surface area contributed by atoms with Crippen molar-refractivity contribution in [3.63, 3.8) is 0 Å². The zero-order valence-corrected chi connectivity index (χ0v) is 26.8.